The first-order valence-electron chi connectivity index (χ1n) is 6.48. The molecule has 0 radical (unpaired) electrons. The SMILES string of the molecule is COC(=O)c1ccccc1-c1oc2ccc(C)cc2c1Cl. The molecule has 1 heterocycles. The topological polar surface area (TPSA) is 39.4 Å². The molecule has 0 fully saturated rings. The average Bonchev–Trinajstić information content (AvgIpc) is 2.83. The number of esters is 1. The van der Waals surface area contributed by atoms with Crippen molar-refractivity contribution in [2.45, 2.75) is 6.92 Å². The predicted molar refractivity (Wildman–Crippen MR) is 82.7 cm³/mol. The summed E-state index contributed by atoms with van der Waals surface area (Å²) in [6.07, 6.45) is 0. The quantitative estimate of drug-likeness (QED) is 0.635. The van der Waals surface area contributed by atoms with Crippen molar-refractivity contribution >= 4 is 28.5 Å². The third kappa shape index (κ3) is 2.30. The van der Waals surface area contributed by atoms with Crippen LogP contribution in [0.5, 0.6) is 0 Å². The van der Waals surface area contributed by atoms with Gasteiger partial charge >= 0.3 is 5.97 Å². The number of methoxy groups -OCH3 is 1. The molecule has 0 saturated heterocycles. The highest BCUT2D eigenvalue weighted by atomic mass is 35.5. The van der Waals surface area contributed by atoms with E-state index in [-0.39, 0.29) is 0 Å². The van der Waals surface area contributed by atoms with Gasteiger partial charge < -0.3 is 9.15 Å². The van der Waals surface area contributed by atoms with Gasteiger partial charge in [-0.05, 0) is 25.1 Å². The van der Waals surface area contributed by atoms with E-state index in [1.165, 1.54) is 7.11 Å². The Labute approximate surface area is 127 Å². The zero-order chi connectivity index (χ0) is 15.0. The number of furan rings is 1. The van der Waals surface area contributed by atoms with Crippen LogP contribution in [-0.4, -0.2) is 13.1 Å². The first-order valence-corrected chi connectivity index (χ1v) is 6.86. The molecule has 2 aromatic carbocycles. The molecule has 0 bridgehead atoms. The first kappa shape index (κ1) is 13.7. The first-order chi connectivity index (χ1) is 10.1. The summed E-state index contributed by atoms with van der Waals surface area (Å²) in [7, 11) is 1.35. The van der Waals surface area contributed by atoms with E-state index in [0.717, 1.165) is 10.9 Å². The molecule has 0 aliphatic rings. The van der Waals surface area contributed by atoms with Crippen molar-refractivity contribution in [2.24, 2.45) is 0 Å². The van der Waals surface area contributed by atoms with E-state index in [9.17, 15) is 4.79 Å². The lowest BCUT2D eigenvalue weighted by Gasteiger charge is -2.05. The number of carbonyl (C=O) groups excluding carboxylic acids is 1. The second-order valence-electron chi connectivity index (χ2n) is 4.78. The van der Waals surface area contributed by atoms with Gasteiger partial charge in [0.25, 0.3) is 0 Å². The van der Waals surface area contributed by atoms with E-state index < -0.39 is 5.97 Å². The number of halogens is 1. The Bertz CT molecular complexity index is 833. The van der Waals surface area contributed by atoms with Gasteiger partial charge in [0, 0.05) is 10.9 Å². The van der Waals surface area contributed by atoms with Gasteiger partial charge in [0.05, 0.1) is 17.7 Å². The van der Waals surface area contributed by atoms with Crippen LogP contribution in [0.2, 0.25) is 5.02 Å². The maximum atomic E-state index is 11.9. The fraction of sp³-hybridized carbons (Fsp3) is 0.118. The fourth-order valence-electron chi connectivity index (χ4n) is 2.32. The number of fused-ring (bicyclic) bond motifs is 1. The third-order valence-corrected chi connectivity index (χ3v) is 3.74. The highest BCUT2D eigenvalue weighted by Gasteiger charge is 2.20. The summed E-state index contributed by atoms with van der Waals surface area (Å²) in [5.74, 6) is 0.0663. The second-order valence-corrected chi connectivity index (χ2v) is 5.16. The standard InChI is InChI=1S/C17H13ClO3/c1-10-7-8-14-13(9-10)15(18)16(21-14)11-5-3-4-6-12(11)17(19)20-2/h3-9H,1-2H3. The lowest BCUT2D eigenvalue weighted by Crippen LogP contribution is -2.02. The van der Waals surface area contributed by atoms with Crippen LogP contribution < -0.4 is 0 Å². The van der Waals surface area contributed by atoms with Gasteiger partial charge in [0.2, 0.25) is 0 Å². The largest absolute Gasteiger partial charge is 0.465 e. The van der Waals surface area contributed by atoms with Gasteiger partial charge in [0.1, 0.15) is 5.58 Å². The molecule has 21 heavy (non-hydrogen) atoms. The summed E-state index contributed by atoms with van der Waals surface area (Å²) in [5.41, 5.74) is 2.85. The summed E-state index contributed by atoms with van der Waals surface area (Å²) in [6.45, 7) is 1.99. The van der Waals surface area contributed by atoms with Gasteiger partial charge in [-0.3, -0.25) is 0 Å². The van der Waals surface area contributed by atoms with Crippen LogP contribution in [0.25, 0.3) is 22.3 Å². The molecule has 0 unspecified atom stereocenters. The number of benzene rings is 2. The average molecular weight is 301 g/mol. The molecule has 0 aliphatic carbocycles. The summed E-state index contributed by atoms with van der Waals surface area (Å²) in [6, 6.07) is 12.9. The van der Waals surface area contributed by atoms with E-state index in [2.05, 4.69) is 0 Å². The number of aryl methyl sites for hydroxylation is 1. The smallest absolute Gasteiger partial charge is 0.338 e. The van der Waals surface area contributed by atoms with Crippen LogP contribution in [0.15, 0.2) is 46.9 Å². The van der Waals surface area contributed by atoms with Crippen LogP contribution >= 0.6 is 11.6 Å². The van der Waals surface area contributed by atoms with Crippen molar-refractivity contribution in [3.63, 3.8) is 0 Å². The third-order valence-electron chi connectivity index (χ3n) is 3.36. The molecule has 3 nitrogen and oxygen atoms in total. The van der Waals surface area contributed by atoms with Gasteiger partial charge in [-0.15, -0.1) is 0 Å². The van der Waals surface area contributed by atoms with Gasteiger partial charge in [0.15, 0.2) is 5.76 Å². The van der Waals surface area contributed by atoms with Crippen molar-refractivity contribution in [2.75, 3.05) is 7.11 Å². The number of rotatable bonds is 2. The molecule has 0 saturated carbocycles. The molecule has 106 valence electrons. The van der Waals surface area contributed by atoms with Crippen LogP contribution in [0.1, 0.15) is 15.9 Å². The molecule has 3 rings (SSSR count). The number of hydrogen-bond acceptors (Lipinski definition) is 3. The van der Waals surface area contributed by atoms with E-state index in [4.69, 9.17) is 20.8 Å². The molecule has 0 amide bonds. The highest BCUT2D eigenvalue weighted by molar-refractivity contribution is 6.38. The number of hydrogen-bond donors (Lipinski definition) is 0. The molecule has 3 aromatic rings. The lowest BCUT2D eigenvalue weighted by molar-refractivity contribution is 0.0601. The van der Waals surface area contributed by atoms with E-state index in [0.29, 0.717) is 27.5 Å². The normalized spacial score (nSPS) is 10.8. The predicted octanol–water partition coefficient (Wildman–Crippen LogP) is 4.85. The molecule has 0 atom stereocenters. The molecular formula is C17H13ClO3. The van der Waals surface area contributed by atoms with Crippen molar-refractivity contribution in [3.05, 3.63) is 58.6 Å². The van der Waals surface area contributed by atoms with E-state index in [1.54, 1.807) is 18.2 Å². The maximum absolute atomic E-state index is 11.9. The molecule has 0 N–H and O–H groups in total. The van der Waals surface area contributed by atoms with Crippen LogP contribution in [-0.2, 0) is 4.74 Å². The van der Waals surface area contributed by atoms with Crippen molar-refractivity contribution in [3.8, 4) is 11.3 Å². The van der Waals surface area contributed by atoms with E-state index >= 15 is 0 Å². The minimum absolute atomic E-state index is 0.418. The second kappa shape index (κ2) is 5.26. The summed E-state index contributed by atoms with van der Waals surface area (Å²) >= 11 is 6.44. The minimum Gasteiger partial charge on any atom is -0.465 e. The Morgan fingerprint density at radius 3 is 2.71 bits per heavy atom. The Morgan fingerprint density at radius 1 is 1.19 bits per heavy atom. The Hall–Kier alpha value is -2.26. The van der Waals surface area contributed by atoms with Gasteiger partial charge in [-0.1, -0.05) is 41.4 Å². The summed E-state index contributed by atoms with van der Waals surface area (Å²) in [5, 5.41) is 1.34. The van der Waals surface area contributed by atoms with Crippen molar-refractivity contribution < 1.29 is 13.9 Å². The van der Waals surface area contributed by atoms with Crippen molar-refractivity contribution in [1.82, 2.24) is 0 Å². The van der Waals surface area contributed by atoms with Crippen LogP contribution in [0.4, 0.5) is 0 Å². The molecule has 0 spiro atoms. The lowest BCUT2D eigenvalue weighted by atomic mass is 10.0. The number of carbonyl (C=O) groups is 1. The fourth-order valence-corrected chi connectivity index (χ4v) is 2.61. The molecular weight excluding hydrogens is 288 g/mol. The van der Waals surface area contributed by atoms with Crippen molar-refractivity contribution in [1.29, 1.82) is 0 Å². The van der Waals surface area contributed by atoms with Crippen LogP contribution in [0, 0.1) is 6.92 Å². The summed E-state index contributed by atoms with van der Waals surface area (Å²) in [4.78, 5) is 11.9. The Morgan fingerprint density at radius 2 is 1.95 bits per heavy atom. The Balaban J connectivity index is 2.26. The number of ether oxygens (including phenoxy) is 1. The van der Waals surface area contributed by atoms with Crippen LogP contribution in [0.3, 0.4) is 0 Å². The van der Waals surface area contributed by atoms with Gasteiger partial charge in [-0.25, -0.2) is 4.79 Å². The zero-order valence-electron chi connectivity index (χ0n) is 11.6. The monoisotopic (exact) mass is 300 g/mol. The minimum atomic E-state index is -0.418. The highest BCUT2D eigenvalue weighted by Crippen LogP contribution is 2.39. The molecule has 4 heteroatoms. The van der Waals surface area contributed by atoms with Gasteiger partial charge in [-0.2, -0.15) is 0 Å². The molecule has 1 aromatic heterocycles. The van der Waals surface area contributed by atoms with E-state index in [1.807, 2.05) is 31.2 Å². The molecule has 0 aliphatic heterocycles. The Kier molecular flexibility index (Phi) is 3.43. The maximum Gasteiger partial charge on any atom is 0.338 e. The zero-order valence-corrected chi connectivity index (χ0v) is 12.4. The summed E-state index contributed by atoms with van der Waals surface area (Å²) < 4.78 is 10.6.